The van der Waals surface area contributed by atoms with Crippen molar-refractivity contribution < 1.29 is 21.9 Å². The van der Waals surface area contributed by atoms with Crippen molar-refractivity contribution in [2.45, 2.75) is 0 Å². The molecule has 9 nitrogen and oxygen atoms in total. The third-order valence-corrected chi connectivity index (χ3v) is 5.46. The number of benzene rings is 2. The van der Waals surface area contributed by atoms with E-state index in [9.17, 15) is 17.2 Å². The van der Waals surface area contributed by atoms with Gasteiger partial charge in [0, 0.05) is 24.7 Å². The number of rotatable bonds is 8. The second-order valence-corrected chi connectivity index (χ2v) is 9.14. The maximum absolute atomic E-state index is 14.0. The number of nitrogens with zero attached hydrogens (tertiary/aromatic N) is 3. The molecule has 0 aliphatic rings. The van der Waals surface area contributed by atoms with Gasteiger partial charge in [0.25, 0.3) is 0 Å². The van der Waals surface area contributed by atoms with Gasteiger partial charge in [-0.2, -0.15) is 15.1 Å². The summed E-state index contributed by atoms with van der Waals surface area (Å²) >= 11 is 6.33. The Hall–Kier alpha value is -3.35. The van der Waals surface area contributed by atoms with Crippen molar-refractivity contribution in [3.05, 3.63) is 59.1 Å². The number of halogens is 3. The Bertz CT molecular complexity index is 1430. The molecule has 172 valence electrons. The molecule has 2 heterocycles. The fourth-order valence-electron chi connectivity index (χ4n) is 3.01. The lowest BCUT2D eigenvalue weighted by Gasteiger charge is -2.11. The van der Waals surface area contributed by atoms with Gasteiger partial charge in [0.2, 0.25) is 10.0 Å². The number of sulfonamides is 1. The highest BCUT2D eigenvalue weighted by Crippen LogP contribution is 2.35. The normalized spacial score (nSPS) is 11.6. The Morgan fingerprint density at radius 1 is 1.12 bits per heavy atom. The second-order valence-electron chi connectivity index (χ2n) is 6.90. The van der Waals surface area contributed by atoms with Gasteiger partial charge in [0.05, 0.1) is 16.7 Å². The average Bonchev–Trinajstić information content (AvgIpc) is 3.17. The van der Waals surface area contributed by atoms with E-state index in [1.165, 1.54) is 0 Å². The summed E-state index contributed by atoms with van der Waals surface area (Å²) in [5.41, 5.74) is 1.33. The van der Waals surface area contributed by atoms with Gasteiger partial charge in [-0.3, -0.25) is 5.10 Å². The standard InChI is InChI=1S/C20H17ClF2N6O3S/c1-33(30,31)25-9-8-24-18-16-17(12-4-2-3-5-13(12)21)28-29-19(16)27-20(26-18)32-15-7-6-11(22)10-14(15)23/h2-7,10,25H,8-9H2,1H3,(H2,24,26,27,28,29). The quantitative estimate of drug-likeness (QED) is 0.319. The molecule has 4 rings (SSSR count). The van der Waals surface area contributed by atoms with Crippen LogP contribution in [0.3, 0.4) is 0 Å². The van der Waals surface area contributed by atoms with Crippen LogP contribution in [0.5, 0.6) is 11.8 Å². The van der Waals surface area contributed by atoms with Crippen LogP contribution >= 0.6 is 11.6 Å². The summed E-state index contributed by atoms with van der Waals surface area (Å²) in [5, 5.41) is 11.0. The molecule has 0 radical (unpaired) electrons. The molecule has 2 aromatic carbocycles. The molecule has 0 spiro atoms. The Morgan fingerprint density at radius 2 is 1.91 bits per heavy atom. The molecule has 3 N–H and O–H groups in total. The minimum absolute atomic E-state index is 0.0758. The zero-order chi connectivity index (χ0) is 23.6. The van der Waals surface area contributed by atoms with Crippen LogP contribution in [0.2, 0.25) is 5.02 Å². The monoisotopic (exact) mass is 494 g/mol. The highest BCUT2D eigenvalue weighted by molar-refractivity contribution is 7.88. The first-order valence-electron chi connectivity index (χ1n) is 9.54. The number of fused-ring (bicyclic) bond motifs is 1. The maximum Gasteiger partial charge on any atom is 0.326 e. The molecule has 0 fully saturated rings. The van der Waals surface area contributed by atoms with Gasteiger partial charge in [-0.1, -0.05) is 29.8 Å². The SMILES string of the molecule is CS(=O)(=O)NCCNc1nc(Oc2ccc(F)cc2F)nc2[nH]nc(-c3ccccc3Cl)c12. The molecule has 0 saturated carbocycles. The van der Waals surface area contributed by atoms with E-state index in [0.717, 1.165) is 18.4 Å². The number of aromatic nitrogens is 4. The van der Waals surface area contributed by atoms with Gasteiger partial charge in [-0.25, -0.2) is 21.9 Å². The first-order chi connectivity index (χ1) is 15.7. The van der Waals surface area contributed by atoms with Crippen LogP contribution in [0, 0.1) is 11.6 Å². The van der Waals surface area contributed by atoms with Crippen molar-refractivity contribution in [3.8, 4) is 23.0 Å². The molecule has 4 aromatic rings. The third kappa shape index (κ3) is 5.35. The Kier molecular flexibility index (Phi) is 6.40. The highest BCUT2D eigenvalue weighted by atomic mass is 35.5. The molecule has 0 bridgehead atoms. The summed E-state index contributed by atoms with van der Waals surface area (Å²) in [6.07, 6.45) is 1.05. The fourth-order valence-corrected chi connectivity index (χ4v) is 3.70. The Balaban J connectivity index is 1.74. The molecular weight excluding hydrogens is 478 g/mol. The van der Waals surface area contributed by atoms with Gasteiger partial charge in [0.1, 0.15) is 17.3 Å². The van der Waals surface area contributed by atoms with E-state index in [0.29, 0.717) is 27.7 Å². The van der Waals surface area contributed by atoms with E-state index >= 15 is 0 Å². The van der Waals surface area contributed by atoms with Crippen molar-refractivity contribution in [1.29, 1.82) is 0 Å². The smallest absolute Gasteiger partial charge is 0.326 e. The highest BCUT2D eigenvalue weighted by Gasteiger charge is 2.20. The molecule has 2 aromatic heterocycles. The fraction of sp³-hybridized carbons (Fsp3) is 0.150. The van der Waals surface area contributed by atoms with E-state index in [1.54, 1.807) is 24.3 Å². The molecule has 0 atom stereocenters. The van der Waals surface area contributed by atoms with Crippen LogP contribution < -0.4 is 14.8 Å². The van der Waals surface area contributed by atoms with Gasteiger partial charge in [0.15, 0.2) is 17.2 Å². The number of hydrogen-bond donors (Lipinski definition) is 3. The zero-order valence-corrected chi connectivity index (χ0v) is 18.6. The van der Waals surface area contributed by atoms with Crippen molar-refractivity contribution >= 4 is 38.5 Å². The lowest BCUT2D eigenvalue weighted by atomic mass is 10.1. The van der Waals surface area contributed by atoms with Crippen LogP contribution in [0.1, 0.15) is 0 Å². The molecule has 0 aliphatic heterocycles. The number of H-pyrrole nitrogens is 1. The molecule has 0 saturated heterocycles. The number of aromatic amines is 1. The first kappa shape index (κ1) is 22.8. The van der Waals surface area contributed by atoms with Crippen molar-refractivity contribution in [3.63, 3.8) is 0 Å². The zero-order valence-electron chi connectivity index (χ0n) is 17.1. The second kappa shape index (κ2) is 9.25. The molecular formula is C20H17ClF2N6O3S. The molecule has 33 heavy (non-hydrogen) atoms. The lowest BCUT2D eigenvalue weighted by molar-refractivity contribution is 0.410. The van der Waals surface area contributed by atoms with Gasteiger partial charge in [-0.05, 0) is 18.2 Å². The number of ether oxygens (including phenoxy) is 1. The van der Waals surface area contributed by atoms with Crippen molar-refractivity contribution in [2.75, 3.05) is 24.7 Å². The maximum atomic E-state index is 14.0. The van der Waals surface area contributed by atoms with E-state index < -0.39 is 21.7 Å². The summed E-state index contributed by atoms with van der Waals surface area (Å²) in [7, 11) is -3.38. The molecule has 13 heteroatoms. The van der Waals surface area contributed by atoms with Crippen LogP contribution in [-0.2, 0) is 10.0 Å². The summed E-state index contributed by atoms with van der Waals surface area (Å²) in [6.45, 7) is 0.239. The van der Waals surface area contributed by atoms with Crippen LogP contribution in [0.4, 0.5) is 14.6 Å². The summed E-state index contributed by atoms with van der Waals surface area (Å²) in [4.78, 5) is 8.53. The van der Waals surface area contributed by atoms with Crippen LogP contribution in [0.25, 0.3) is 22.3 Å². The van der Waals surface area contributed by atoms with Gasteiger partial charge >= 0.3 is 6.01 Å². The number of nitrogens with one attached hydrogen (secondary N) is 3. The van der Waals surface area contributed by atoms with Crippen molar-refractivity contribution in [1.82, 2.24) is 24.9 Å². The predicted molar refractivity (Wildman–Crippen MR) is 120 cm³/mol. The van der Waals surface area contributed by atoms with Crippen LogP contribution in [-0.4, -0.2) is 47.9 Å². The largest absolute Gasteiger partial charge is 0.421 e. The topological polar surface area (TPSA) is 122 Å². The minimum atomic E-state index is -3.38. The average molecular weight is 495 g/mol. The summed E-state index contributed by atoms with van der Waals surface area (Å²) in [6, 6.07) is 9.64. The molecule has 0 amide bonds. The number of anilines is 1. The van der Waals surface area contributed by atoms with Crippen LogP contribution in [0.15, 0.2) is 42.5 Å². The van der Waals surface area contributed by atoms with E-state index in [4.69, 9.17) is 16.3 Å². The summed E-state index contributed by atoms with van der Waals surface area (Å²) in [5.74, 6) is -1.70. The van der Waals surface area contributed by atoms with Crippen molar-refractivity contribution in [2.24, 2.45) is 0 Å². The van der Waals surface area contributed by atoms with Gasteiger partial charge in [-0.15, -0.1) is 0 Å². The Labute approximate surface area is 192 Å². The minimum Gasteiger partial charge on any atom is -0.421 e. The summed E-state index contributed by atoms with van der Waals surface area (Å²) < 4.78 is 57.7. The molecule has 0 aliphatic carbocycles. The predicted octanol–water partition coefficient (Wildman–Crippen LogP) is 3.70. The van der Waals surface area contributed by atoms with Gasteiger partial charge < -0.3 is 10.1 Å². The van der Waals surface area contributed by atoms with E-state index in [2.05, 4.69) is 30.2 Å². The number of hydrogen-bond acceptors (Lipinski definition) is 7. The van der Waals surface area contributed by atoms with E-state index in [-0.39, 0.29) is 36.3 Å². The lowest BCUT2D eigenvalue weighted by Crippen LogP contribution is -2.27. The van der Waals surface area contributed by atoms with E-state index in [1.807, 2.05) is 0 Å². The third-order valence-electron chi connectivity index (χ3n) is 4.40. The first-order valence-corrected chi connectivity index (χ1v) is 11.8. The Morgan fingerprint density at radius 3 is 2.64 bits per heavy atom. The molecule has 0 unspecified atom stereocenters.